The molecular weight excluding hydrogens is 425 g/mol. The van der Waals surface area contributed by atoms with Crippen LogP contribution >= 0.6 is 15.9 Å². The molecule has 0 bridgehead atoms. The van der Waals surface area contributed by atoms with Gasteiger partial charge in [0.1, 0.15) is 0 Å². The van der Waals surface area contributed by atoms with Crippen LogP contribution in [0.3, 0.4) is 0 Å². The van der Waals surface area contributed by atoms with Crippen molar-refractivity contribution < 1.29 is 13.6 Å². The fourth-order valence-corrected chi connectivity index (χ4v) is 3.38. The summed E-state index contributed by atoms with van der Waals surface area (Å²) < 4.78 is 19.2. The van der Waals surface area contributed by atoms with Gasteiger partial charge in [0.2, 0.25) is 11.8 Å². The second-order valence-corrected chi connectivity index (χ2v) is 8.01. The normalized spacial score (nSPS) is 13.5. The lowest BCUT2D eigenvalue weighted by molar-refractivity contribution is -0.115. The molecule has 0 N–H and O–H groups in total. The first-order valence-electron chi connectivity index (χ1n) is 9.72. The second-order valence-electron chi connectivity index (χ2n) is 7.10. The molecular formula is C21H25BrFN3O2. The molecule has 0 atom stereocenters. The largest absolute Gasteiger partial charge is 0.425 e. The van der Waals surface area contributed by atoms with Gasteiger partial charge in [0.25, 0.3) is 5.91 Å². The van der Waals surface area contributed by atoms with E-state index in [0.29, 0.717) is 23.9 Å². The molecule has 1 aliphatic carbocycles. The van der Waals surface area contributed by atoms with Crippen molar-refractivity contribution in [2.75, 3.05) is 18.1 Å². The van der Waals surface area contributed by atoms with Crippen LogP contribution in [0.5, 0.6) is 0 Å². The van der Waals surface area contributed by atoms with Crippen LogP contribution in [-0.2, 0) is 11.2 Å². The number of aryl methyl sites for hydroxylation is 1. The van der Waals surface area contributed by atoms with Gasteiger partial charge in [-0.15, -0.1) is 10.2 Å². The van der Waals surface area contributed by atoms with Crippen LogP contribution in [-0.4, -0.2) is 29.3 Å². The molecule has 1 saturated carbocycles. The molecule has 0 unspecified atom stereocenters. The Kier molecular flexibility index (Phi) is 7.36. The highest BCUT2D eigenvalue weighted by atomic mass is 79.9. The molecule has 3 rings (SSSR count). The molecule has 28 heavy (non-hydrogen) atoms. The van der Waals surface area contributed by atoms with Gasteiger partial charge >= 0.3 is 0 Å². The number of carbonyl (C=O) groups is 1. The Hall–Kier alpha value is -2.02. The van der Waals surface area contributed by atoms with Crippen molar-refractivity contribution in [2.24, 2.45) is 0 Å². The fraction of sp³-hybridized carbons (Fsp3) is 0.476. The lowest BCUT2D eigenvalue weighted by atomic mass is 10.1. The van der Waals surface area contributed by atoms with E-state index >= 15 is 0 Å². The SMILES string of the molecule is C=C(CCF)C(=O)N(CCCCCc1nnc(C2CC2)o1)c1cccc(Br)c1. The molecule has 0 aliphatic heterocycles. The molecule has 1 fully saturated rings. The monoisotopic (exact) mass is 449 g/mol. The van der Waals surface area contributed by atoms with Crippen LogP contribution in [0.4, 0.5) is 10.1 Å². The van der Waals surface area contributed by atoms with Crippen molar-refractivity contribution in [3.05, 3.63) is 52.7 Å². The maximum atomic E-state index is 12.7. The van der Waals surface area contributed by atoms with Crippen LogP contribution in [0.25, 0.3) is 0 Å². The Labute approximate surface area is 173 Å². The predicted octanol–water partition coefficient (Wildman–Crippen LogP) is 5.37. The van der Waals surface area contributed by atoms with E-state index in [-0.39, 0.29) is 12.3 Å². The third-order valence-electron chi connectivity index (χ3n) is 4.75. The number of unbranched alkanes of at least 4 members (excludes halogenated alkanes) is 2. The number of amides is 1. The Morgan fingerprint density at radius 3 is 2.82 bits per heavy atom. The molecule has 1 amide bonds. The van der Waals surface area contributed by atoms with E-state index < -0.39 is 6.67 Å². The quantitative estimate of drug-likeness (QED) is 0.341. The van der Waals surface area contributed by atoms with Crippen molar-refractivity contribution in [2.45, 2.75) is 50.9 Å². The summed E-state index contributed by atoms with van der Waals surface area (Å²) in [5.74, 6) is 1.72. The van der Waals surface area contributed by atoms with E-state index in [1.165, 1.54) is 0 Å². The van der Waals surface area contributed by atoms with Gasteiger partial charge in [-0.05, 0) is 43.9 Å². The maximum Gasteiger partial charge on any atom is 0.253 e. The minimum atomic E-state index is -0.579. The van der Waals surface area contributed by atoms with Gasteiger partial charge in [-0.2, -0.15) is 0 Å². The first-order valence-corrected chi connectivity index (χ1v) is 10.5. The molecule has 5 nitrogen and oxygen atoms in total. The van der Waals surface area contributed by atoms with Crippen LogP contribution in [0.1, 0.15) is 56.2 Å². The van der Waals surface area contributed by atoms with E-state index in [2.05, 4.69) is 32.7 Å². The van der Waals surface area contributed by atoms with Gasteiger partial charge in [0.15, 0.2) is 0 Å². The van der Waals surface area contributed by atoms with Crippen molar-refractivity contribution in [1.82, 2.24) is 10.2 Å². The van der Waals surface area contributed by atoms with Crippen molar-refractivity contribution in [3.63, 3.8) is 0 Å². The molecule has 1 aromatic heterocycles. The number of hydrogen-bond acceptors (Lipinski definition) is 4. The van der Waals surface area contributed by atoms with Crippen molar-refractivity contribution in [3.8, 4) is 0 Å². The average molecular weight is 450 g/mol. The molecule has 0 spiro atoms. The van der Waals surface area contributed by atoms with E-state index in [0.717, 1.165) is 54.6 Å². The maximum absolute atomic E-state index is 12.7. The molecule has 1 aliphatic rings. The lowest BCUT2D eigenvalue weighted by Gasteiger charge is -2.24. The average Bonchev–Trinajstić information content (AvgIpc) is 3.43. The molecule has 0 radical (unpaired) electrons. The third kappa shape index (κ3) is 5.74. The van der Waals surface area contributed by atoms with Crippen LogP contribution in [0.15, 0.2) is 45.3 Å². The van der Waals surface area contributed by atoms with Crippen molar-refractivity contribution in [1.29, 1.82) is 0 Å². The Morgan fingerprint density at radius 2 is 2.11 bits per heavy atom. The third-order valence-corrected chi connectivity index (χ3v) is 5.24. The van der Waals surface area contributed by atoms with E-state index in [1.54, 1.807) is 4.90 Å². The summed E-state index contributed by atoms with van der Waals surface area (Å²) >= 11 is 3.44. The zero-order valence-corrected chi connectivity index (χ0v) is 17.5. The molecule has 7 heteroatoms. The van der Waals surface area contributed by atoms with Crippen LogP contribution in [0.2, 0.25) is 0 Å². The van der Waals surface area contributed by atoms with Gasteiger partial charge in [-0.3, -0.25) is 9.18 Å². The topological polar surface area (TPSA) is 59.2 Å². The standard InChI is InChI=1S/C21H25BrFN3O2/c1-15(11-12-23)21(27)26(18-7-5-6-17(22)14-18)13-4-2-3-8-19-24-25-20(28-19)16-9-10-16/h5-7,14,16H,1-4,8-13H2. The second kappa shape index (κ2) is 9.96. The summed E-state index contributed by atoms with van der Waals surface area (Å²) in [5.41, 5.74) is 1.08. The highest BCUT2D eigenvalue weighted by molar-refractivity contribution is 9.10. The molecule has 2 aromatic rings. The lowest BCUT2D eigenvalue weighted by Crippen LogP contribution is -2.33. The van der Waals surface area contributed by atoms with Gasteiger partial charge in [0, 0.05) is 41.0 Å². The Morgan fingerprint density at radius 1 is 1.29 bits per heavy atom. The zero-order chi connectivity index (χ0) is 19.9. The molecule has 150 valence electrons. The van der Waals surface area contributed by atoms with Crippen LogP contribution in [0, 0.1) is 0 Å². The summed E-state index contributed by atoms with van der Waals surface area (Å²) in [7, 11) is 0. The summed E-state index contributed by atoms with van der Waals surface area (Å²) in [6.07, 6.45) is 5.77. The number of benzene rings is 1. The highest BCUT2D eigenvalue weighted by Gasteiger charge is 2.29. The summed E-state index contributed by atoms with van der Waals surface area (Å²) in [4.78, 5) is 14.4. The number of aromatic nitrogens is 2. The first-order chi connectivity index (χ1) is 13.6. The minimum Gasteiger partial charge on any atom is -0.425 e. The fourth-order valence-electron chi connectivity index (χ4n) is 2.99. The summed E-state index contributed by atoms with van der Waals surface area (Å²) in [5, 5.41) is 8.20. The minimum absolute atomic E-state index is 0.0594. The van der Waals surface area contributed by atoms with E-state index in [9.17, 15) is 9.18 Å². The van der Waals surface area contributed by atoms with Crippen LogP contribution < -0.4 is 4.90 Å². The molecule has 1 heterocycles. The number of carbonyl (C=O) groups excluding carboxylic acids is 1. The van der Waals surface area contributed by atoms with E-state index in [1.807, 2.05) is 24.3 Å². The Bertz CT molecular complexity index is 819. The van der Waals surface area contributed by atoms with Gasteiger partial charge in [0.05, 0.1) is 6.67 Å². The number of halogens is 2. The number of rotatable bonds is 11. The van der Waals surface area contributed by atoms with E-state index in [4.69, 9.17) is 4.42 Å². The number of anilines is 1. The summed E-state index contributed by atoms with van der Waals surface area (Å²) in [6, 6.07) is 7.55. The number of alkyl halides is 1. The number of hydrogen-bond donors (Lipinski definition) is 0. The zero-order valence-electron chi connectivity index (χ0n) is 15.9. The molecule has 0 saturated heterocycles. The van der Waals surface area contributed by atoms with Gasteiger partial charge < -0.3 is 9.32 Å². The Balaban J connectivity index is 1.51. The molecule has 1 aromatic carbocycles. The van der Waals surface area contributed by atoms with Crippen molar-refractivity contribution >= 4 is 27.5 Å². The first kappa shape index (κ1) is 20.7. The van der Waals surface area contributed by atoms with Gasteiger partial charge in [-0.25, -0.2) is 0 Å². The highest BCUT2D eigenvalue weighted by Crippen LogP contribution is 2.39. The smallest absolute Gasteiger partial charge is 0.253 e. The summed E-state index contributed by atoms with van der Waals surface area (Å²) in [6.45, 7) is 3.72. The van der Waals surface area contributed by atoms with Gasteiger partial charge in [-0.1, -0.05) is 35.0 Å². The predicted molar refractivity (Wildman–Crippen MR) is 110 cm³/mol. The number of nitrogens with zero attached hydrogens (tertiary/aromatic N) is 3.